The number of hydrazone groups is 2. The van der Waals surface area contributed by atoms with E-state index in [1.807, 2.05) is 0 Å². The van der Waals surface area contributed by atoms with Crippen molar-refractivity contribution in [1.82, 2.24) is 5.43 Å². The van der Waals surface area contributed by atoms with Gasteiger partial charge in [-0.05, 0) is 18.2 Å². The van der Waals surface area contributed by atoms with Crippen LogP contribution in [0.4, 0.5) is 10.1 Å². The molecule has 6 heteroatoms. The molecular weight excluding hydrogens is 211 g/mol. The fraction of sp³-hybridized carbons (Fsp3) is 0.100. The Balaban J connectivity index is 2.37. The number of carbonyl (C=O) groups is 1. The molecule has 0 fully saturated rings. The largest absolute Gasteiger partial charge is 0.278 e. The summed E-state index contributed by atoms with van der Waals surface area (Å²) in [6.45, 7) is 1.35. The lowest BCUT2D eigenvalue weighted by Crippen LogP contribution is -2.12. The first-order valence-electron chi connectivity index (χ1n) is 4.51. The van der Waals surface area contributed by atoms with E-state index < -0.39 is 0 Å². The fourth-order valence-electron chi connectivity index (χ4n) is 0.865. The van der Waals surface area contributed by atoms with Crippen LogP contribution in [0.15, 0.2) is 34.5 Å². The molecule has 1 rings (SSSR count). The van der Waals surface area contributed by atoms with E-state index in [1.165, 1.54) is 31.5 Å². The van der Waals surface area contributed by atoms with Crippen LogP contribution >= 0.6 is 0 Å². The second kappa shape index (κ2) is 6.28. The number of hydrogen-bond donors (Lipinski definition) is 2. The van der Waals surface area contributed by atoms with Crippen molar-refractivity contribution in [3.63, 3.8) is 0 Å². The molecule has 0 aliphatic heterocycles. The summed E-state index contributed by atoms with van der Waals surface area (Å²) in [7, 11) is 0. The van der Waals surface area contributed by atoms with E-state index in [9.17, 15) is 9.18 Å². The molecule has 0 aliphatic rings. The van der Waals surface area contributed by atoms with Crippen molar-refractivity contribution in [1.29, 1.82) is 0 Å². The third kappa shape index (κ3) is 4.85. The SMILES string of the molecule is CC(=O)N/N=C/C=N/Nc1cccc(F)c1. The fourth-order valence-corrected chi connectivity index (χ4v) is 0.865. The predicted octanol–water partition coefficient (Wildman–Crippen LogP) is 1.35. The third-order valence-electron chi connectivity index (χ3n) is 1.46. The zero-order chi connectivity index (χ0) is 11.8. The van der Waals surface area contributed by atoms with Crippen LogP contribution in [0.3, 0.4) is 0 Å². The minimum absolute atomic E-state index is 0.261. The molecule has 0 heterocycles. The highest BCUT2D eigenvalue weighted by Crippen LogP contribution is 2.08. The molecule has 0 atom stereocenters. The Morgan fingerprint density at radius 1 is 1.38 bits per heavy atom. The van der Waals surface area contributed by atoms with Crippen LogP contribution in [0, 0.1) is 5.82 Å². The number of nitrogens with zero attached hydrogens (tertiary/aromatic N) is 2. The van der Waals surface area contributed by atoms with Crippen LogP contribution in [0.25, 0.3) is 0 Å². The molecule has 0 unspecified atom stereocenters. The van der Waals surface area contributed by atoms with E-state index in [1.54, 1.807) is 12.1 Å². The Hall–Kier alpha value is -2.24. The van der Waals surface area contributed by atoms with Crippen LogP contribution in [0.5, 0.6) is 0 Å². The first-order valence-corrected chi connectivity index (χ1v) is 4.51. The average Bonchev–Trinajstić information content (AvgIpc) is 2.23. The average molecular weight is 222 g/mol. The van der Waals surface area contributed by atoms with Crippen molar-refractivity contribution < 1.29 is 9.18 Å². The minimum Gasteiger partial charge on any atom is -0.278 e. The monoisotopic (exact) mass is 222 g/mol. The van der Waals surface area contributed by atoms with Crippen LogP contribution in [0.2, 0.25) is 0 Å². The van der Waals surface area contributed by atoms with Crippen LogP contribution in [0.1, 0.15) is 6.92 Å². The third-order valence-corrected chi connectivity index (χ3v) is 1.46. The molecule has 0 saturated heterocycles. The van der Waals surface area contributed by atoms with Gasteiger partial charge in [0, 0.05) is 6.92 Å². The molecule has 16 heavy (non-hydrogen) atoms. The molecule has 2 N–H and O–H groups in total. The Kier molecular flexibility index (Phi) is 4.65. The van der Waals surface area contributed by atoms with Gasteiger partial charge in [0.15, 0.2) is 0 Å². The van der Waals surface area contributed by atoms with E-state index in [0.29, 0.717) is 5.69 Å². The molecule has 1 amide bonds. The Morgan fingerprint density at radius 3 is 2.81 bits per heavy atom. The number of anilines is 1. The van der Waals surface area contributed by atoms with E-state index in [2.05, 4.69) is 21.1 Å². The number of carbonyl (C=O) groups excluding carboxylic acids is 1. The minimum atomic E-state index is -0.341. The van der Waals surface area contributed by atoms with E-state index in [-0.39, 0.29) is 11.7 Å². The molecule has 0 aliphatic carbocycles. The second-order valence-corrected chi connectivity index (χ2v) is 2.85. The summed E-state index contributed by atoms with van der Waals surface area (Å²) in [4.78, 5) is 10.4. The topological polar surface area (TPSA) is 65.8 Å². The van der Waals surface area contributed by atoms with Crippen molar-refractivity contribution in [2.45, 2.75) is 6.92 Å². The molecule has 1 aromatic carbocycles. The van der Waals surface area contributed by atoms with Gasteiger partial charge in [0.2, 0.25) is 5.91 Å². The second-order valence-electron chi connectivity index (χ2n) is 2.85. The van der Waals surface area contributed by atoms with Crippen LogP contribution < -0.4 is 10.9 Å². The van der Waals surface area contributed by atoms with Crippen molar-refractivity contribution in [2.24, 2.45) is 10.2 Å². The van der Waals surface area contributed by atoms with Crippen LogP contribution in [-0.4, -0.2) is 18.3 Å². The lowest BCUT2D eigenvalue weighted by molar-refractivity contribution is -0.118. The van der Waals surface area contributed by atoms with Gasteiger partial charge in [-0.2, -0.15) is 10.2 Å². The highest BCUT2D eigenvalue weighted by molar-refractivity contribution is 6.16. The Morgan fingerprint density at radius 2 is 2.12 bits per heavy atom. The lowest BCUT2D eigenvalue weighted by atomic mass is 10.3. The Labute approximate surface area is 92.0 Å². The van der Waals surface area contributed by atoms with Gasteiger partial charge >= 0.3 is 0 Å². The van der Waals surface area contributed by atoms with Crippen LogP contribution in [-0.2, 0) is 4.79 Å². The zero-order valence-corrected chi connectivity index (χ0v) is 8.64. The number of rotatable bonds is 4. The van der Waals surface area contributed by atoms with E-state index >= 15 is 0 Å². The highest BCUT2D eigenvalue weighted by atomic mass is 19.1. The predicted molar refractivity (Wildman–Crippen MR) is 60.8 cm³/mol. The molecular formula is C10H11FN4O. The summed E-state index contributed by atoms with van der Waals surface area (Å²) in [6, 6.07) is 5.89. The van der Waals surface area contributed by atoms with E-state index in [4.69, 9.17) is 0 Å². The maximum atomic E-state index is 12.7. The Bertz CT molecular complexity index is 417. The van der Waals surface area contributed by atoms with Gasteiger partial charge in [0.25, 0.3) is 0 Å². The normalized spacial score (nSPS) is 10.9. The molecule has 84 valence electrons. The van der Waals surface area contributed by atoms with Crippen molar-refractivity contribution >= 4 is 24.0 Å². The van der Waals surface area contributed by atoms with Crippen molar-refractivity contribution in [3.05, 3.63) is 30.1 Å². The van der Waals surface area contributed by atoms with Crippen molar-refractivity contribution in [3.8, 4) is 0 Å². The van der Waals surface area contributed by atoms with Gasteiger partial charge in [0.05, 0.1) is 18.1 Å². The van der Waals surface area contributed by atoms with Gasteiger partial charge in [-0.3, -0.25) is 10.2 Å². The first kappa shape index (κ1) is 11.8. The van der Waals surface area contributed by atoms with Gasteiger partial charge < -0.3 is 0 Å². The summed E-state index contributed by atoms with van der Waals surface area (Å²) in [5.41, 5.74) is 5.34. The molecule has 0 aromatic heterocycles. The zero-order valence-electron chi connectivity index (χ0n) is 8.64. The molecule has 0 spiro atoms. The smallest absolute Gasteiger partial charge is 0.236 e. The van der Waals surface area contributed by atoms with Crippen molar-refractivity contribution in [2.75, 3.05) is 5.43 Å². The number of amides is 1. The van der Waals surface area contributed by atoms with Gasteiger partial charge in [-0.15, -0.1) is 0 Å². The standard InChI is InChI=1S/C10H11FN4O/c1-8(16)14-12-5-6-13-15-10-4-2-3-9(11)7-10/h2-7,15H,1H3,(H,14,16)/b12-5+,13-6+. The number of halogens is 1. The summed E-state index contributed by atoms with van der Waals surface area (Å²) < 4.78 is 12.7. The summed E-state index contributed by atoms with van der Waals surface area (Å²) >= 11 is 0. The quantitative estimate of drug-likeness (QED) is 0.596. The molecule has 0 bridgehead atoms. The maximum absolute atomic E-state index is 12.7. The van der Waals surface area contributed by atoms with Gasteiger partial charge in [-0.1, -0.05) is 6.07 Å². The molecule has 0 radical (unpaired) electrons. The first-order chi connectivity index (χ1) is 7.68. The number of benzene rings is 1. The summed E-state index contributed by atoms with van der Waals surface area (Å²) in [5, 5.41) is 7.27. The molecule has 1 aromatic rings. The highest BCUT2D eigenvalue weighted by Gasteiger charge is 1.90. The molecule has 0 saturated carbocycles. The molecule has 5 nitrogen and oxygen atoms in total. The number of hydrogen-bond acceptors (Lipinski definition) is 4. The maximum Gasteiger partial charge on any atom is 0.236 e. The van der Waals surface area contributed by atoms with Gasteiger partial charge in [0.1, 0.15) is 5.82 Å². The lowest BCUT2D eigenvalue weighted by Gasteiger charge is -1.97. The summed E-state index contributed by atoms with van der Waals surface area (Å²) in [6.07, 6.45) is 2.63. The number of nitrogens with one attached hydrogen (secondary N) is 2. The van der Waals surface area contributed by atoms with Gasteiger partial charge in [-0.25, -0.2) is 9.82 Å². The summed E-state index contributed by atoms with van der Waals surface area (Å²) in [5.74, 6) is -0.602. The van der Waals surface area contributed by atoms with E-state index in [0.717, 1.165) is 0 Å².